The maximum Gasteiger partial charge on any atom is 0.239 e. The van der Waals surface area contributed by atoms with Crippen molar-refractivity contribution in [1.82, 2.24) is 24.6 Å². The number of aromatic nitrogens is 3. The minimum absolute atomic E-state index is 0.0485. The number of carbonyl (C=O) groups is 1. The van der Waals surface area contributed by atoms with Crippen LogP contribution in [-0.2, 0) is 17.8 Å². The van der Waals surface area contributed by atoms with Crippen molar-refractivity contribution in [2.24, 2.45) is 11.7 Å². The van der Waals surface area contributed by atoms with Crippen LogP contribution in [-0.4, -0.2) is 68.7 Å². The molecule has 2 fully saturated rings. The topological polar surface area (TPSA) is 80.3 Å². The Hall–Kier alpha value is -1.96. The summed E-state index contributed by atoms with van der Waals surface area (Å²) in [6.45, 7) is 4.25. The van der Waals surface area contributed by atoms with Crippen LogP contribution in [0.1, 0.15) is 31.2 Å². The molecule has 2 aliphatic rings. The summed E-state index contributed by atoms with van der Waals surface area (Å²) in [6, 6.07) is 7.60. The van der Waals surface area contributed by atoms with Crippen molar-refractivity contribution in [1.29, 1.82) is 0 Å². The molecule has 1 aliphatic carbocycles. The molecule has 1 aliphatic heterocycles. The first-order valence-electron chi connectivity index (χ1n) is 11.0. The van der Waals surface area contributed by atoms with E-state index in [-0.39, 0.29) is 5.91 Å². The summed E-state index contributed by atoms with van der Waals surface area (Å²) in [5, 5.41) is 4.99. The van der Waals surface area contributed by atoms with Crippen LogP contribution < -0.4 is 5.73 Å². The molecule has 3 atom stereocenters. The minimum Gasteiger partial charge on any atom is -0.339 e. The lowest BCUT2D eigenvalue weighted by Crippen LogP contribution is -2.57. The van der Waals surface area contributed by atoms with Gasteiger partial charge in [0.05, 0.1) is 6.04 Å². The molecule has 2 aromatic rings. The summed E-state index contributed by atoms with van der Waals surface area (Å²) in [7, 11) is 0. The molecule has 1 aromatic heterocycles. The van der Waals surface area contributed by atoms with Gasteiger partial charge in [0.2, 0.25) is 5.91 Å². The Kier molecular flexibility index (Phi) is 7.02. The average Bonchev–Trinajstić information content (AvgIpc) is 3.28. The first kappa shape index (κ1) is 21.3. The number of nitrogens with zero attached hydrogens (tertiary/aromatic N) is 5. The normalized spacial score (nSPS) is 24.0. The summed E-state index contributed by atoms with van der Waals surface area (Å²) in [6.07, 6.45) is 8.98. The van der Waals surface area contributed by atoms with Crippen LogP contribution in [0.5, 0.6) is 0 Å². The summed E-state index contributed by atoms with van der Waals surface area (Å²) in [5.41, 5.74) is 7.28. The van der Waals surface area contributed by atoms with Crippen molar-refractivity contribution in [2.75, 3.05) is 26.2 Å². The van der Waals surface area contributed by atoms with Crippen LogP contribution >= 0.6 is 11.6 Å². The molecule has 0 unspecified atom stereocenters. The third-order valence-corrected chi connectivity index (χ3v) is 6.79. The Morgan fingerprint density at radius 2 is 1.87 bits per heavy atom. The van der Waals surface area contributed by atoms with Crippen LogP contribution in [0.2, 0.25) is 5.02 Å². The first-order valence-corrected chi connectivity index (χ1v) is 11.3. The molecule has 4 rings (SSSR count). The molecular weight excluding hydrogens is 400 g/mol. The smallest absolute Gasteiger partial charge is 0.239 e. The molecule has 2 heterocycles. The van der Waals surface area contributed by atoms with E-state index in [2.05, 4.69) is 15.0 Å². The Labute approximate surface area is 183 Å². The summed E-state index contributed by atoms with van der Waals surface area (Å²) < 4.78 is 1.96. The third-order valence-electron chi connectivity index (χ3n) is 6.54. The fraction of sp³-hybridized carbons (Fsp3) is 0.591. The second-order valence-electron chi connectivity index (χ2n) is 8.53. The molecule has 1 amide bonds. The minimum atomic E-state index is -0.507. The zero-order chi connectivity index (χ0) is 20.9. The monoisotopic (exact) mass is 430 g/mol. The van der Waals surface area contributed by atoms with Crippen LogP contribution in [0.3, 0.4) is 0 Å². The van der Waals surface area contributed by atoms with Gasteiger partial charge in [-0.3, -0.25) is 14.4 Å². The predicted octanol–water partition coefficient (Wildman–Crippen LogP) is 2.20. The van der Waals surface area contributed by atoms with E-state index in [4.69, 9.17) is 17.3 Å². The number of halogens is 1. The lowest BCUT2D eigenvalue weighted by atomic mass is 9.83. The first-order chi connectivity index (χ1) is 14.6. The van der Waals surface area contributed by atoms with Gasteiger partial charge in [0.15, 0.2) is 0 Å². The molecule has 1 saturated carbocycles. The standard InChI is InChI=1S/C22H31ClN6O/c23-19-7-5-17(6-8-19)13-20(24)22(30)28-11-9-27(10-12-28)21-4-2-1-3-18(21)14-29-16-25-15-26-29/h5-8,15-16,18,20-21H,1-4,9-14,24H2/t18-,20-,21-/m1/s1. The Morgan fingerprint density at radius 1 is 1.13 bits per heavy atom. The van der Waals surface area contributed by atoms with E-state index >= 15 is 0 Å². The van der Waals surface area contributed by atoms with E-state index in [9.17, 15) is 4.79 Å². The van der Waals surface area contributed by atoms with Crippen molar-refractivity contribution in [3.63, 3.8) is 0 Å². The average molecular weight is 431 g/mol. The van der Waals surface area contributed by atoms with E-state index in [1.54, 1.807) is 6.33 Å². The fourth-order valence-electron chi connectivity index (χ4n) is 4.92. The van der Waals surface area contributed by atoms with Crippen molar-refractivity contribution in [2.45, 2.75) is 50.7 Å². The quantitative estimate of drug-likeness (QED) is 0.759. The number of rotatable bonds is 6. The number of benzene rings is 1. The van der Waals surface area contributed by atoms with Crippen LogP contribution in [0.25, 0.3) is 0 Å². The molecule has 0 radical (unpaired) electrons. The lowest BCUT2D eigenvalue weighted by Gasteiger charge is -2.44. The zero-order valence-electron chi connectivity index (χ0n) is 17.4. The molecule has 30 heavy (non-hydrogen) atoms. The number of amides is 1. The molecular formula is C22H31ClN6O. The maximum atomic E-state index is 12.9. The summed E-state index contributed by atoms with van der Waals surface area (Å²) >= 11 is 5.94. The van der Waals surface area contributed by atoms with E-state index in [0.29, 0.717) is 23.4 Å². The van der Waals surface area contributed by atoms with Crippen LogP contribution in [0.15, 0.2) is 36.9 Å². The van der Waals surface area contributed by atoms with Gasteiger partial charge in [-0.25, -0.2) is 4.98 Å². The Bertz CT molecular complexity index is 804. The highest BCUT2D eigenvalue weighted by atomic mass is 35.5. The number of carbonyl (C=O) groups excluding carboxylic acids is 1. The van der Waals surface area contributed by atoms with Gasteiger partial charge in [-0.05, 0) is 42.9 Å². The van der Waals surface area contributed by atoms with Gasteiger partial charge in [-0.15, -0.1) is 0 Å². The molecule has 0 spiro atoms. The van der Waals surface area contributed by atoms with Crippen molar-refractivity contribution >= 4 is 17.5 Å². The maximum absolute atomic E-state index is 12.9. The van der Waals surface area contributed by atoms with Gasteiger partial charge in [-0.1, -0.05) is 36.6 Å². The molecule has 2 N–H and O–H groups in total. The van der Waals surface area contributed by atoms with Gasteiger partial charge in [0.25, 0.3) is 0 Å². The van der Waals surface area contributed by atoms with E-state index in [1.807, 2.05) is 40.2 Å². The van der Waals surface area contributed by atoms with Crippen molar-refractivity contribution in [3.05, 3.63) is 47.5 Å². The Morgan fingerprint density at radius 3 is 2.57 bits per heavy atom. The highest BCUT2D eigenvalue weighted by Gasteiger charge is 2.34. The second kappa shape index (κ2) is 9.90. The molecule has 7 nitrogen and oxygen atoms in total. The zero-order valence-corrected chi connectivity index (χ0v) is 18.1. The second-order valence-corrected chi connectivity index (χ2v) is 8.96. The Balaban J connectivity index is 1.30. The van der Waals surface area contributed by atoms with Gasteiger partial charge >= 0.3 is 0 Å². The van der Waals surface area contributed by atoms with Gasteiger partial charge in [0.1, 0.15) is 12.7 Å². The van der Waals surface area contributed by atoms with Gasteiger partial charge in [-0.2, -0.15) is 5.10 Å². The summed E-state index contributed by atoms with van der Waals surface area (Å²) in [5.74, 6) is 0.641. The third kappa shape index (κ3) is 5.20. The number of nitrogens with two attached hydrogens (primary N) is 1. The molecule has 1 aromatic carbocycles. The fourth-order valence-corrected chi connectivity index (χ4v) is 5.05. The van der Waals surface area contributed by atoms with Crippen LogP contribution in [0.4, 0.5) is 0 Å². The van der Waals surface area contributed by atoms with Crippen molar-refractivity contribution < 1.29 is 4.79 Å². The van der Waals surface area contributed by atoms with Gasteiger partial charge < -0.3 is 10.6 Å². The highest BCUT2D eigenvalue weighted by Crippen LogP contribution is 2.30. The molecule has 0 bridgehead atoms. The van der Waals surface area contributed by atoms with E-state index in [1.165, 1.54) is 25.7 Å². The van der Waals surface area contributed by atoms with E-state index < -0.39 is 6.04 Å². The van der Waals surface area contributed by atoms with Crippen LogP contribution in [0, 0.1) is 5.92 Å². The molecule has 8 heteroatoms. The predicted molar refractivity (Wildman–Crippen MR) is 117 cm³/mol. The number of hydrogen-bond donors (Lipinski definition) is 1. The SMILES string of the molecule is N[C@H](Cc1ccc(Cl)cc1)C(=O)N1CCN([C@@H]2CCCC[C@@H]2Cn2cncn2)CC1. The number of piperazine rings is 1. The number of hydrogen-bond acceptors (Lipinski definition) is 5. The molecule has 162 valence electrons. The lowest BCUT2D eigenvalue weighted by molar-refractivity contribution is -0.135. The van der Waals surface area contributed by atoms with E-state index in [0.717, 1.165) is 38.3 Å². The summed E-state index contributed by atoms with van der Waals surface area (Å²) in [4.78, 5) is 21.5. The van der Waals surface area contributed by atoms with Crippen molar-refractivity contribution in [3.8, 4) is 0 Å². The largest absolute Gasteiger partial charge is 0.339 e. The molecule has 1 saturated heterocycles. The van der Waals surface area contributed by atoms with Gasteiger partial charge in [0, 0.05) is 43.8 Å². The highest BCUT2D eigenvalue weighted by molar-refractivity contribution is 6.30.